The van der Waals surface area contributed by atoms with Crippen LogP contribution < -0.4 is 0 Å². The third-order valence-corrected chi connectivity index (χ3v) is 24.2. The molecule has 0 unspecified atom stereocenters. The van der Waals surface area contributed by atoms with Gasteiger partial charge in [-0.1, -0.05) is 131 Å². The summed E-state index contributed by atoms with van der Waals surface area (Å²) in [5, 5.41) is 6.45. The van der Waals surface area contributed by atoms with Gasteiger partial charge in [0.15, 0.2) is 0 Å². The van der Waals surface area contributed by atoms with Gasteiger partial charge in [-0.15, -0.1) is 11.1 Å². The molecule has 6 aromatic rings. The maximum absolute atomic E-state index is 6.78. The molecule has 2 aromatic heterocycles. The Balaban J connectivity index is 1.86. The van der Waals surface area contributed by atoms with Crippen LogP contribution in [0.5, 0.6) is 0 Å². The Bertz CT molecular complexity index is 2080. The second-order valence-electron chi connectivity index (χ2n) is 15.8. The Morgan fingerprint density at radius 1 is 0.438 bits per heavy atom. The zero-order chi connectivity index (χ0) is 34.7. The van der Waals surface area contributed by atoms with Crippen LogP contribution in [-0.4, -0.2) is 16.1 Å². The van der Waals surface area contributed by atoms with E-state index in [4.69, 9.17) is 8.83 Å². The summed E-state index contributed by atoms with van der Waals surface area (Å²) in [4.78, 5) is 0. The third kappa shape index (κ3) is 5.15. The van der Waals surface area contributed by atoms with Gasteiger partial charge in [-0.25, -0.2) is 0 Å². The van der Waals surface area contributed by atoms with Crippen LogP contribution in [0.25, 0.3) is 54.6 Å². The van der Waals surface area contributed by atoms with E-state index >= 15 is 0 Å². The fraction of sp³-hybridized carbons (Fsp3) is 0.409. The lowest BCUT2D eigenvalue weighted by molar-refractivity contribution is 0.669. The predicted molar refractivity (Wildman–Crippen MR) is 214 cm³/mol. The van der Waals surface area contributed by atoms with Gasteiger partial charge in [0.25, 0.3) is 0 Å². The molecule has 0 saturated heterocycles. The molecule has 0 aliphatic carbocycles. The Morgan fingerprint density at radius 3 is 1.06 bits per heavy atom. The van der Waals surface area contributed by atoms with Gasteiger partial charge in [0.05, 0.1) is 0 Å². The van der Waals surface area contributed by atoms with Crippen LogP contribution in [0.15, 0.2) is 69.5 Å². The minimum absolute atomic E-state index is 0.531. The fourth-order valence-electron chi connectivity index (χ4n) is 9.38. The molecule has 0 saturated carbocycles. The average molecular weight is 669 g/mol. The van der Waals surface area contributed by atoms with E-state index in [1.54, 1.807) is 0 Å². The van der Waals surface area contributed by atoms with Crippen LogP contribution in [0.4, 0.5) is 0 Å². The number of hydrogen-bond donors (Lipinski definition) is 0. The van der Waals surface area contributed by atoms with Gasteiger partial charge in [0.1, 0.15) is 38.5 Å². The van der Waals surface area contributed by atoms with E-state index in [1.807, 2.05) is 12.1 Å². The molecule has 0 aliphatic rings. The van der Waals surface area contributed by atoms with Crippen LogP contribution in [0.2, 0.25) is 33.2 Å². The Morgan fingerprint density at radius 2 is 0.750 bits per heavy atom. The van der Waals surface area contributed by atoms with Crippen molar-refractivity contribution in [1.29, 1.82) is 0 Å². The minimum Gasteiger partial charge on any atom is -0.455 e. The molecule has 2 nitrogen and oxygen atoms in total. The normalized spacial score (nSPS) is 13.0. The number of para-hydroxylation sites is 2. The predicted octanol–water partition coefficient (Wildman–Crippen LogP) is 13.8. The van der Waals surface area contributed by atoms with E-state index in [2.05, 4.69) is 155 Å². The van der Waals surface area contributed by atoms with Crippen LogP contribution in [-0.2, 0) is 0 Å². The number of benzene rings is 4. The highest BCUT2D eigenvalue weighted by molar-refractivity contribution is 6.91. The zero-order valence-corrected chi connectivity index (χ0v) is 33.1. The molecule has 0 N–H and O–H groups in total. The van der Waals surface area contributed by atoms with E-state index in [1.165, 1.54) is 0 Å². The second kappa shape index (κ2) is 12.6. The van der Waals surface area contributed by atoms with Gasteiger partial charge in [0.2, 0.25) is 0 Å². The lowest BCUT2D eigenvalue weighted by atomic mass is 9.94. The smallest absolute Gasteiger partial charge is 0.146 e. The topological polar surface area (TPSA) is 26.3 Å². The largest absolute Gasteiger partial charge is 0.455 e. The monoisotopic (exact) mass is 668 g/mol. The zero-order valence-electron chi connectivity index (χ0n) is 31.1. The maximum Gasteiger partial charge on any atom is 0.146 e. The van der Waals surface area contributed by atoms with Crippen LogP contribution >= 0.6 is 0 Å². The first-order valence-electron chi connectivity index (χ1n) is 18.0. The molecule has 0 spiro atoms. The summed E-state index contributed by atoms with van der Waals surface area (Å²) in [5.74, 6) is 7.76. The highest BCUT2D eigenvalue weighted by Gasteiger charge is 2.43. The number of hydrogen-bond acceptors (Lipinski definition) is 2. The Hall–Kier alpha value is -3.71. The molecule has 0 amide bonds. The van der Waals surface area contributed by atoms with Crippen molar-refractivity contribution in [2.75, 3.05) is 0 Å². The number of rotatable bonds is 6. The number of fused-ring (bicyclic) bond motifs is 9. The summed E-state index contributed by atoms with van der Waals surface area (Å²) in [5.41, 5.74) is 16.8. The lowest BCUT2D eigenvalue weighted by Crippen LogP contribution is -2.43. The van der Waals surface area contributed by atoms with Crippen molar-refractivity contribution in [1.82, 2.24) is 0 Å². The average Bonchev–Trinajstić information content (AvgIpc) is 3.58. The van der Waals surface area contributed by atoms with Crippen molar-refractivity contribution < 1.29 is 8.83 Å². The summed E-state index contributed by atoms with van der Waals surface area (Å²) >= 11 is 0. The van der Waals surface area contributed by atoms with E-state index < -0.39 is 16.1 Å². The maximum atomic E-state index is 6.78. The van der Waals surface area contributed by atoms with Gasteiger partial charge in [-0.05, 0) is 57.5 Å². The van der Waals surface area contributed by atoms with Crippen molar-refractivity contribution in [3.8, 4) is 22.9 Å². The molecule has 0 bridgehead atoms. The van der Waals surface area contributed by atoms with Gasteiger partial charge in [0, 0.05) is 43.4 Å². The van der Waals surface area contributed by atoms with Crippen molar-refractivity contribution in [2.24, 2.45) is 0 Å². The van der Waals surface area contributed by atoms with Crippen LogP contribution in [0, 0.1) is 22.9 Å². The van der Waals surface area contributed by atoms with Crippen molar-refractivity contribution in [2.45, 2.75) is 116 Å². The minimum atomic E-state index is -2.03. The summed E-state index contributed by atoms with van der Waals surface area (Å²) in [7, 11) is -4.06. The Kier molecular flexibility index (Phi) is 8.99. The number of furan rings is 2. The van der Waals surface area contributed by atoms with E-state index in [9.17, 15) is 0 Å². The highest BCUT2D eigenvalue weighted by atomic mass is 28.3. The summed E-state index contributed by atoms with van der Waals surface area (Å²) in [6.45, 7) is 28.6. The second-order valence-corrected chi connectivity index (χ2v) is 27.0. The molecule has 0 aliphatic heterocycles. The molecule has 4 heteroatoms. The van der Waals surface area contributed by atoms with Crippen LogP contribution in [0.1, 0.15) is 94.2 Å². The third-order valence-electron chi connectivity index (χ3n) is 11.6. The van der Waals surface area contributed by atoms with Crippen molar-refractivity contribution in [3.05, 3.63) is 71.8 Å². The van der Waals surface area contributed by atoms with Gasteiger partial charge < -0.3 is 8.83 Å². The van der Waals surface area contributed by atoms with Gasteiger partial charge in [-0.3, -0.25) is 0 Å². The molecule has 0 fully saturated rings. The standard InChI is InChI=1S/C44H52O2Si2/c1-27(2)47(28(3)4,29(5)6)23-21-33-25-37-35-17-13-15-19-39(35)46-44(37)42-34(22-24-48(30(7)8,31(9)10)32(11)12)26-38-36-18-14-16-20-40(36)45-43(38)41(33)42/h13-20,25-32H,1-12H3. The van der Waals surface area contributed by atoms with Crippen molar-refractivity contribution in [3.63, 3.8) is 0 Å². The fourth-order valence-corrected chi connectivity index (χ4v) is 19.8. The van der Waals surface area contributed by atoms with Gasteiger partial charge >= 0.3 is 0 Å². The summed E-state index contributed by atoms with van der Waals surface area (Å²) in [6.07, 6.45) is 0. The van der Waals surface area contributed by atoms with Crippen molar-refractivity contribution >= 4 is 70.8 Å². The van der Waals surface area contributed by atoms with Crippen LogP contribution in [0.3, 0.4) is 0 Å². The highest BCUT2D eigenvalue weighted by Crippen LogP contribution is 2.45. The Labute approximate surface area is 289 Å². The summed E-state index contributed by atoms with van der Waals surface area (Å²) < 4.78 is 13.6. The molecule has 6 rings (SSSR count). The lowest BCUT2D eigenvalue weighted by Gasteiger charge is -2.38. The van der Waals surface area contributed by atoms with E-state index in [0.717, 1.165) is 65.8 Å². The molecule has 248 valence electrons. The molecule has 0 radical (unpaired) electrons. The quantitative estimate of drug-likeness (QED) is 0.130. The molecule has 0 atom stereocenters. The molecule has 4 aromatic carbocycles. The SMILES string of the molecule is CC(C)[Si](C#Cc1cc2c3ccccc3oc2c2c(C#C[Si](C(C)C)(C(C)C)C(C)C)cc3c4ccccc4oc3c12)(C(C)C)C(C)C. The summed E-state index contributed by atoms with van der Waals surface area (Å²) in [6, 6.07) is 21.3. The van der Waals surface area contributed by atoms with E-state index in [-0.39, 0.29) is 0 Å². The molecule has 48 heavy (non-hydrogen) atoms. The first-order valence-corrected chi connectivity index (χ1v) is 22.5. The molecular weight excluding hydrogens is 617 g/mol. The van der Waals surface area contributed by atoms with E-state index in [0.29, 0.717) is 33.2 Å². The molecular formula is C44H52O2Si2. The first kappa shape index (κ1) is 34.2. The molecule has 2 heterocycles. The van der Waals surface area contributed by atoms with Gasteiger partial charge in [-0.2, -0.15) is 0 Å². The first-order chi connectivity index (χ1) is 22.7.